The molecular weight excluding hydrogens is 398 g/mol. The quantitative estimate of drug-likeness (QED) is 0.641. The molecule has 0 bridgehead atoms. The molecule has 2 N–H and O–H groups in total. The second-order valence-electron chi connectivity index (χ2n) is 6.12. The number of carbonyl (C=O) groups excluding carboxylic acids is 1. The van der Waals surface area contributed by atoms with Crippen molar-refractivity contribution in [3.63, 3.8) is 0 Å². The fourth-order valence-corrected chi connectivity index (χ4v) is 3.72. The molecule has 2 aromatic carbocycles. The molecule has 144 valence electrons. The van der Waals surface area contributed by atoms with Crippen molar-refractivity contribution < 1.29 is 13.2 Å². The highest BCUT2D eigenvalue weighted by molar-refractivity contribution is 7.92. The number of sulfonamides is 1. The summed E-state index contributed by atoms with van der Waals surface area (Å²) in [5.41, 5.74) is 2.06. The third kappa shape index (κ3) is 4.88. The van der Waals surface area contributed by atoms with Crippen LogP contribution in [0.5, 0.6) is 0 Å². The molecule has 0 aliphatic rings. The first kappa shape index (κ1) is 19.9. The number of carbonyl (C=O) groups is 1. The molecule has 1 heterocycles. The van der Waals surface area contributed by atoms with Crippen LogP contribution >= 0.6 is 11.6 Å². The summed E-state index contributed by atoms with van der Waals surface area (Å²) >= 11 is 6.12. The van der Waals surface area contributed by atoms with Crippen molar-refractivity contribution in [1.82, 2.24) is 10.3 Å². The van der Waals surface area contributed by atoms with Crippen molar-refractivity contribution in [3.05, 3.63) is 88.7 Å². The van der Waals surface area contributed by atoms with Crippen LogP contribution in [0.25, 0.3) is 0 Å². The molecule has 0 atom stereocenters. The largest absolute Gasteiger partial charge is 0.346 e. The van der Waals surface area contributed by atoms with Crippen LogP contribution in [0.3, 0.4) is 0 Å². The van der Waals surface area contributed by atoms with E-state index in [0.717, 1.165) is 5.56 Å². The summed E-state index contributed by atoms with van der Waals surface area (Å²) in [5, 5.41) is 2.94. The maximum atomic E-state index is 12.5. The van der Waals surface area contributed by atoms with Gasteiger partial charge in [0.05, 0.1) is 27.7 Å². The summed E-state index contributed by atoms with van der Waals surface area (Å²) in [7, 11) is -3.78. The zero-order valence-corrected chi connectivity index (χ0v) is 16.6. The molecule has 1 amide bonds. The lowest BCUT2D eigenvalue weighted by Gasteiger charge is -2.11. The minimum absolute atomic E-state index is 0.134. The van der Waals surface area contributed by atoms with Gasteiger partial charge in [0.15, 0.2) is 0 Å². The number of aromatic nitrogens is 1. The molecule has 0 saturated heterocycles. The molecule has 1 aromatic heterocycles. The Bertz CT molecular complexity index is 1090. The van der Waals surface area contributed by atoms with E-state index in [4.69, 9.17) is 11.6 Å². The highest BCUT2D eigenvalue weighted by Gasteiger charge is 2.17. The Hall–Kier alpha value is -2.90. The second kappa shape index (κ2) is 8.41. The van der Waals surface area contributed by atoms with Gasteiger partial charge in [0.2, 0.25) is 0 Å². The lowest BCUT2D eigenvalue weighted by molar-refractivity contribution is 0.0950. The number of hydrogen-bond acceptors (Lipinski definition) is 4. The molecule has 0 fully saturated rings. The minimum Gasteiger partial charge on any atom is -0.346 e. The molecule has 3 rings (SSSR count). The standard InChI is InChI=1S/C20H18ClN3O3S/c1-14-5-8-17(9-6-14)28(26,27)24-15-7-10-19(21)18(12-15)20(25)23-13-16-4-2-3-11-22-16/h2-12,24H,13H2,1H3,(H,23,25). The Morgan fingerprint density at radius 2 is 1.82 bits per heavy atom. The van der Waals surface area contributed by atoms with Crippen LogP contribution in [0, 0.1) is 6.92 Å². The van der Waals surface area contributed by atoms with E-state index in [0.29, 0.717) is 5.69 Å². The highest BCUT2D eigenvalue weighted by Crippen LogP contribution is 2.23. The maximum Gasteiger partial charge on any atom is 0.261 e. The summed E-state index contributed by atoms with van der Waals surface area (Å²) in [5.74, 6) is -0.424. The molecule has 0 aliphatic heterocycles. The van der Waals surface area contributed by atoms with Crippen LogP contribution < -0.4 is 10.0 Å². The minimum atomic E-state index is -3.78. The number of amides is 1. The number of rotatable bonds is 6. The van der Waals surface area contributed by atoms with Crippen LogP contribution in [0.4, 0.5) is 5.69 Å². The lowest BCUT2D eigenvalue weighted by atomic mass is 10.2. The van der Waals surface area contributed by atoms with Crippen LogP contribution in [-0.4, -0.2) is 19.3 Å². The highest BCUT2D eigenvalue weighted by atomic mass is 35.5. The summed E-state index contributed by atoms with van der Waals surface area (Å²) in [6.45, 7) is 2.11. The van der Waals surface area contributed by atoms with Crippen LogP contribution in [0.15, 0.2) is 71.8 Å². The second-order valence-corrected chi connectivity index (χ2v) is 8.21. The number of hydrogen-bond donors (Lipinski definition) is 2. The number of benzene rings is 2. The van der Waals surface area contributed by atoms with E-state index >= 15 is 0 Å². The van der Waals surface area contributed by atoms with E-state index in [1.165, 1.54) is 30.3 Å². The Balaban J connectivity index is 1.77. The van der Waals surface area contributed by atoms with Gasteiger partial charge in [0, 0.05) is 11.9 Å². The van der Waals surface area contributed by atoms with Crippen molar-refractivity contribution in [3.8, 4) is 0 Å². The fraction of sp³-hybridized carbons (Fsp3) is 0.100. The Labute approximate surface area is 168 Å². The first-order valence-corrected chi connectivity index (χ1v) is 10.3. The molecule has 0 unspecified atom stereocenters. The number of halogens is 1. The topological polar surface area (TPSA) is 88.2 Å². The van der Waals surface area contributed by atoms with E-state index in [1.54, 1.807) is 30.5 Å². The first-order chi connectivity index (χ1) is 13.3. The van der Waals surface area contributed by atoms with Crippen molar-refractivity contribution in [1.29, 1.82) is 0 Å². The Morgan fingerprint density at radius 1 is 1.07 bits per heavy atom. The van der Waals surface area contributed by atoms with Crippen LogP contribution in [-0.2, 0) is 16.6 Å². The van der Waals surface area contributed by atoms with Crippen molar-refractivity contribution >= 4 is 33.2 Å². The Kier molecular flexibility index (Phi) is 5.96. The monoisotopic (exact) mass is 415 g/mol. The molecule has 28 heavy (non-hydrogen) atoms. The molecule has 0 saturated carbocycles. The zero-order chi connectivity index (χ0) is 20.1. The molecule has 0 aliphatic carbocycles. The smallest absolute Gasteiger partial charge is 0.261 e. The molecular formula is C20H18ClN3O3S. The Morgan fingerprint density at radius 3 is 2.50 bits per heavy atom. The summed E-state index contributed by atoms with van der Waals surface area (Å²) < 4.78 is 27.5. The van der Waals surface area contributed by atoms with Crippen molar-refractivity contribution in [2.75, 3.05) is 4.72 Å². The van der Waals surface area contributed by atoms with Gasteiger partial charge in [-0.05, 0) is 49.4 Å². The molecule has 0 spiro atoms. The fourth-order valence-electron chi connectivity index (χ4n) is 2.46. The van der Waals surface area contributed by atoms with Crippen LogP contribution in [0.1, 0.15) is 21.6 Å². The van der Waals surface area contributed by atoms with Gasteiger partial charge in [-0.15, -0.1) is 0 Å². The van der Waals surface area contributed by atoms with Gasteiger partial charge >= 0.3 is 0 Å². The average molecular weight is 416 g/mol. The van der Waals surface area contributed by atoms with E-state index in [-0.39, 0.29) is 27.7 Å². The summed E-state index contributed by atoms with van der Waals surface area (Å²) in [4.78, 5) is 16.7. The average Bonchev–Trinajstić information content (AvgIpc) is 2.68. The third-order valence-corrected chi connectivity index (χ3v) is 5.68. The zero-order valence-electron chi connectivity index (χ0n) is 15.0. The predicted octanol–water partition coefficient (Wildman–Crippen LogP) is 3.77. The van der Waals surface area contributed by atoms with Gasteiger partial charge in [-0.25, -0.2) is 8.42 Å². The SMILES string of the molecule is Cc1ccc(S(=O)(=O)Nc2ccc(Cl)c(C(=O)NCc3ccccn3)c2)cc1. The van der Waals surface area contributed by atoms with Gasteiger partial charge in [-0.1, -0.05) is 35.4 Å². The van der Waals surface area contributed by atoms with Crippen molar-refractivity contribution in [2.24, 2.45) is 0 Å². The maximum absolute atomic E-state index is 12.5. The van der Waals surface area contributed by atoms with Gasteiger partial charge in [0.25, 0.3) is 15.9 Å². The summed E-state index contributed by atoms with van der Waals surface area (Å²) in [6.07, 6.45) is 1.63. The molecule has 3 aromatic rings. The normalized spacial score (nSPS) is 11.1. The van der Waals surface area contributed by atoms with Gasteiger partial charge in [-0.2, -0.15) is 0 Å². The third-order valence-electron chi connectivity index (χ3n) is 3.95. The molecule has 6 nitrogen and oxygen atoms in total. The van der Waals surface area contributed by atoms with Gasteiger partial charge in [0.1, 0.15) is 0 Å². The van der Waals surface area contributed by atoms with E-state index in [9.17, 15) is 13.2 Å². The molecule has 8 heteroatoms. The predicted molar refractivity (Wildman–Crippen MR) is 109 cm³/mol. The first-order valence-electron chi connectivity index (χ1n) is 8.42. The van der Waals surface area contributed by atoms with E-state index in [2.05, 4.69) is 15.0 Å². The molecule has 0 radical (unpaired) electrons. The van der Waals surface area contributed by atoms with Crippen LogP contribution in [0.2, 0.25) is 5.02 Å². The lowest BCUT2D eigenvalue weighted by Crippen LogP contribution is -2.24. The van der Waals surface area contributed by atoms with E-state index in [1.807, 2.05) is 13.0 Å². The number of anilines is 1. The summed E-state index contributed by atoms with van der Waals surface area (Å²) in [6, 6.07) is 16.2. The number of nitrogens with zero attached hydrogens (tertiary/aromatic N) is 1. The van der Waals surface area contributed by atoms with Gasteiger partial charge < -0.3 is 5.32 Å². The van der Waals surface area contributed by atoms with Gasteiger partial charge in [-0.3, -0.25) is 14.5 Å². The van der Waals surface area contributed by atoms with E-state index < -0.39 is 15.9 Å². The van der Waals surface area contributed by atoms with Crippen molar-refractivity contribution in [2.45, 2.75) is 18.4 Å². The number of aryl methyl sites for hydroxylation is 1. The number of pyridine rings is 1. The number of nitrogens with one attached hydrogen (secondary N) is 2.